The number of carbonyl (C=O) groups is 5. The number of amides is 2. The predicted octanol–water partition coefficient (Wildman–Crippen LogP) is 2.47. The number of hydrogen-bond donors (Lipinski definition) is 2. The van der Waals surface area contributed by atoms with E-state index in [2.05, 4.69) is 10.6 Å². The van der Waals surface area contributed by atoms with Crippen molar-refractivity contribution >= 4 is 47.0 Å². The van der Waals surface area contributed by atoms with Gasteiger partial charge in [0.2, 0.25) is 17.6 Å². The van der Waals surface area contributed by atoms with Gasteiger partial charge >= 0.3 is 11.9 Å². The van der Waals surface area contributed by atoms with E-state index in [9.17, 15) is 34.1 Å². The number of nitro groups is 1. The molecule has 13 heteroatoms. The van der Waals surface area contributed by atoms with Crippen LogP contribution in [0.3, 0.4) is 0 Å². The van der Waals surface area contributed by atoms with Crippen LogP contribution in [-0.4, -0.2) is 57.2 Å². The molecule has 2 aromatic carbocycles. The van der Waals surface area contributed by atoms with Gasteiger partial charge in [0.25, 0.3) is 5.69 Å². The monoisotopic (exact) mass is 585 g/mol. The molecule has 1 saturated heterocycles. The van der Waals surface area contributed by atoms with Crippen LogP contribution in [-0.2, 0) is 46.5 Å². The minimum atomic E-state index is -1.18. The fourth-order valence-electron chi connectivity index (χ4n) is 3.77. The second-order valence-electron chi connectivity index (χ2n) is 10.3. The number of benzene rings is 2. The third-order valence-electron chi connectivity index (χ3n) is 5.79. The van der Waals surface area contributed by atoms with Crippen molar-refractivity contribution in [3.63, 3.8) is 0 Å². The van der Waals surface area contributed by atoms with E-state index in [4.69, 9.17) is 9.47 Å². The molecule has 1 unspecified atom stereocenters. The number of nitrogens with one attached hydrogen (secondary N) is 2. The number of nitrogens with zero attached hydrogens (tertiary/aromatic N) is 1. The standard InChI is InChI=1S/C28H31N3O9S/c1-28(2,3)40-22(33)14-19(24(34)27(36)39-15-18-9-11-20(12-10-18)31(37)38)16-41-26-23(25(35)30-26)29-21(32)13-17-7-5-4-6-8-17/h4-12,19,23,26H,13-16H2,1-3H3,(H,29,32)(H,30,35)/t19?,23-,26-/m1/s1. The first-order valence-corrected chi connectivity index (χ1v) is 13.8. The Morgan fingerprint density at radius 2 is 1.71 bits per heavy atom. The number of non-ortho nitro benzene ring substituents is 1. The summed E-state index contributed by atoms with van der Waals surface area (Å²) in [6, 6.07) is 13.5. The van der Waals surface area contributed by atoms with Crippen LogP contribution in [0.4, 0.5) is 5.69 Å². The smallest absolute Gasteiger partial charge is 0.375 e. The van der Waals surface area contributed by atoms with E-state index in [-0.39, 0.29) is 36.3 Å². The van der Waals surface area contributed by atoms with Gasteiger partial charge in [-0.2, -0.15) is 0 Å². The third kappa shape index (κ3) is 9.71. The third-order valence-corrected chi connectivity index (χ3v) is 7.14. The number of carbonyl (C=O) groups excluding carboxylic acids is 5. The Morgan fingerprint density at radius 3 is 2.29 bits per heavy atom. The fourth-order valence-corrected chi connectivity index (χ4v) is 5.06. The summed E-state index contributed by atoms with van der Waals surface area (Å²) in [4.78, 5) is 72.9. The van der Waals surface area contributed by atoms with E-state index in [0.29, 0.717) is 5.56 Å². The van der Waals surface area contributed by atoms with Crippen LogP contribution in [0.25, 0.3) is 0 Å². The molecular formula is C28H31N3O9S. The lowest BCUT2D eigenvalue weighted by molar-refractivity contribution is -0.384. The molecule has 218 valence electrons. The number of nitro benzene ring substituents is 1. The van der Waals surface area contributed by atoms with Crippen molar-refractivity contribution in [1.82, 2.24) is 10.6 Å². The number of esters is 2. The highest BCUT2D eigenvalue weighted by Crippen LogP contribution is 2.26. The Balaban J connectivity index is 1.60. The highest BCUT2D eigenvalue weighted by atomic mass is 32.2. The van der Waals surface area contributed by atoms with E-state index in [1.165, 1.54) is 24.3 Å². The fraction of sp³-hybridized carbons (Fsp3) is 0.393. The molecule has 1 fully saturated rings. The van der Waals surface area contributed by atoms with E-state index in [1.54, 1.807) is 45.0 Å². The lowest BCUT2D eigenvalue weighted by Crippen LogP contribution is -2.68. The number of β-lactam (4-membered cyclic amide) rings is 1. The maximum Gasteiger partial charge on any atom is 0.375 e. The quantitative estimate of drug-likeness (QED) is 0.117. The van der Waals surface area contributed by atoms with E-state index >= 15 is 0 Å². The zero-order chi connectivity index (χ0) is 30.2. The van der Waals surface area contributed by atoms with Crippen LogP contribution in [0.2, 0.25) is 0 Å². The number of hydrogen-bond acceptors (Lipinski definition) is 10. The minimum Gasteiger partial charge on any atom is -0.460 e. The maximum absolute atomic E-state index is 13.0. The number of Topliss-reactive ketones (excluding diaryl/α,β-unsaturated/α-hetero) is 1. The molecule has 1 heterocycles. The SMILES string of the molecule is CC(C)(C)OC(=O)CC(CS[C@H]1NC(=O)[C@H]1NC(=O)Cc1ccccc1)C(=O)C(=O)OCc1ccc([N+](=O)[O-])cc1. The number of ether oxygens (including phenoxy) is 2. The lowest BCUT2D eigenvalue weighted by Gasteiger charge is -2.37. The number of rotatable bonds is 13. The molecule has 3 rings (SSSR count). The first kappa shape index (κ1) is 31.3. The summed E-state index contributed by atoms with van der Waals surface area (Å²) in [6.45, 7) is 4.70. The van der Waals surface area contributed by atoms with Crippen molar-refractivity contribution in [1.29, 1.82) is 0 Å². The first-order chi connectivity index (χ1) is 19.3. The molecule has 0 saturated carbocycles. The van der Waals surface area contributed by atoms with Crippen molar-refractivity contribution in [3.05, 3.63) is 75.8 Å². The normalized spacial score (nSPS) is 16.9. The molecule has 2 N–H and O–H groups in total. The molecule has 2 aromatic rings. The van der Waals surface area contributed by atoms with Crippen molar-refractivity contribution in [2.75, 3.05) is 5.75 Å². The van der Waals surface area contributed by atoms with Gasteiger partial charge < -0.3 is 20.1 Å². The molecular weight excluding hydrogens is 554 g/mol. The van der Waals surface area contributed by atoms with Gasteiger partial charge in [-0.05, 0) is 44.0 Å². The molecule has 0 aliphatic carbocycles. The lowest BCUT2D eigenvalue weighted by atomic mass is 10.0. The molecule has 3 atom stereocenters. The van der Waals surface area contributed by atoms with Crippen molar-refractivity contribution in [3.8, 4) is 0 Å². The molecule has 41 heavy (non-hydrogen) atoms. The van der Waals surface area contributed by atoms with E-state index < -0.39 is 52.0 Å². The Hall–Kier alpha value is -4.26. The molecule has 0 radical (unpaired) electrons. The highest BCUT2D eigenvalue weighted by molar-refractivity contribution is 8.00. The zero-order valence-electron chi connectivity index (χ0n) is 22.8. The highest BCUT2D eigenvalue weighted by Gasteiger charge is 2.42. The first-order valence-electron chi connectivity index (χ1n) is 12.7. The van der Waals surface area contributed by atoms with Gasteiger partial charge in [0, 0.05) is 23.8 Å². The average Bonchev–Trinajstić information content (AvgIpc) is 2.91. The van der Waals surface area contributed by atoms with Gasteiger partial charge in [0.1, 0.15) is 23.6 Å². The molecule has 0 spiro atoms. The van der Waals surface area contributed by atoms with Gasteiger partial charge in [-0.25, -0.2) is 4.79 Å². The van der Waals surface area contributed by atoms with Crippen LogP contribution >= 0.6 is 11.8 Å². The Morgan fingerprint density at radius 1 is 1.05 bits per heavy atom. The van der Waals surface area contributed by atoms with Gasteiger partial charge in [0.05, 0.1) is 17.8 Å². The van der Waals surface area contributed by atoms with E-state index in [1.807, 2.05) is 6.07 Å². The van der Waals surface area contributed by atoms with Crippen LogP contribution in [0.15, 0.2) is 54.6 Å². The summed E-state index contributed by atoms with van der Waals surface area (Å²) in [6.07, 6.45) is -0.316. The molecule has 1 aliphatic rings. The molecule has 12 nitrogen and oxygen atoms in total. The van der Waals surface area contributed by atoms with Gasteiger partial charge in [-0.1, -0.05) is 30.3 Å². The van der Waals surface area contributed by atoms with Crippen molar-refractivity contribution in [2.24, 2.45) is 5.92 Å². The molecule has 2 amide bonds. The molecule has 0 aromatic heterocycles. The Labute approximate surface area is 240 Å². The van der Waals surface area contributed by atoms with Gasteiger partial charge in [0.15, 0.2) is 0 Å². The van der Waals surface area contributed by atoms with Crippen LogP contribution in [0, 0.1) is 16.0 Å². The summed E-state index contributed by atoms with van der Waals surface area (Å²) < 4.78 is 10.4. The molecule has 1 aliphatic heterocycles. The summed E-state index contributed by atoms with van der Waals surface area (Å²) in [7, 11) is 0. The number of ketones is 1. The summed E-state index contributed by atoms with van der Waals surface area (Å²) in [5.74, 6) is -4.73. The topological polar surface area (TPSA) is 171 Å². The van der Waals surface area contributed by atoms with E-state index in [0.717, 1.165) is 17.3 Å². The predicted molar refractivity (Wildman–Crippen MR) is 148 cm³/mol. The Bertz CT molecular complexity index is 1290. The second kappa shape index (κ2) is 13.9. The number of thioether (sulfide) groups is 1. The average molecular weight is 586 g/mol. The largest absolute Gasteiger partial charge is 0.460 e. The second-order valence-corrected chi connectivity index (χ2v) is 11.5. The summed E-state index contributed by atoms with van der Waals surface area (Å²) in [5.41, 5.74) is 0.262. The Kier molecular flexibility index (Phi) is 10.6. The van der Waals surface area contributed by atoms with Crippen molar-refractivity contribution < 1.29 is 38.4 Å². The maximum atomic E-state index is 13.0. The summed E-state index contributed by atoms with van der Waals surface area (Å²) >= 11 is 1.11. The van der Waals surface area contributed by atoms with Gasteiger partial charge in [-0.15, -0.1) is 11.8 Å². The van der Waals surface area contributed by atoms with Crippen LogP contribution in [0.5, 0.6) is 0 Å². The van der Waals surface area contributed by atoms with Crippen LogP contribution < -0.4 is 10.6 Å². The van der Waals surface area contributed by atoms with Crippen LogP contribution in [0.1, 0.15) is 38.3 Å². The minimum absolute atomic E-state index is 0.0410. The van der Waals surface area contributed by atoms with Gasteiger partial charge in [-0.3, -0.25) is 29.3 Å². The molecule has 0 bridgehead atoms. The summed E-state index contributed by atoms with van der Waals surface area (Å²) in [5, 5.41) is 15.6. The zero-order valence-corrected chi connectivity index (χ0v) is 23.6. The van der Waals surface area contributed by atoms with Crippen molar-refractivity contribution in [2.45, 2.75) is 57.2 Å².